The zero-order chi connectivity index (χ0) is 25.9. The number of benzene rings is 4. The molecule has 4 aromatic carbocycles. The van der Waals surface area contributed by atoms with Gasteiger partial charge in [0.25, 0.3) is 0 Å². The van der Waals surface area contributed by atoms with Crippen molar-refractivity contribution in [2.45, 2.75) is 26.0 Å². The molecule has 1 unspecified atom stereocenters. The lowest BCUT2D eigenvalue weighted by Crippen LogP contribution is -2.18. The highest BCUT2D eigenvalue weighted by atomic mass is 35.5. The minimum atomic E-state index is 0.0286. The summed E-state index contributed by atoms with van der Waals surface area (Å²) in [6.45, 7) is 2.64. The van der Waals surface area contributed by atoms with E-state index >= 15 is 0 Å². The Kier molecular flexibility index (Phi) is 6.95. The molecule has 0 radical (unpaired) electrons. The number of rotatable bonds is 7. The van der Waals surface area contributed by atoms with Gasteiger partial charge < -0.3 is 4.74 Å². The summed E-state index contributed by atoms with van der Waals surface area (Å²) in [4.78, 5) is 4.98. The van der Waals surface area contributed by atoms with Crippen LogP contribution in [0.1, 0.15) is 34.7 Å². The van der Waals surface area contributed by atoms with Crippen LogP contribution in [0.25, 0.3) is 11.3 Å². The van der Waals surface area contributed by atoms with Crippen LogP contribution in [0.2, 0.25) is 5.02 Å². The van der Waals surface area contributed by atoms with E-state index < -0.39 is 0 Å². The summed E-state index contributed by atoms with van der Waals surface area (Å²) >= 11 is 7.76. The van der Waals surface area contributed by atoms with Crippen LogP contribution in [0.3, 0.4) is 0 Å². The van der Waals surface area contributed by atoms with Gasteiger partial charge in [-0.05, 0) is 47.9 Å². The summed E-state index contributed by atoms with van der Waals surface area (Å²) in [6.07, 6.45) is 0.769. The normalized spacial score (nSPS) is 14.9. The van der Waals surface area contributed by atoms with E-state index in [0.717, 1.165) is 56.0 Å². The van der Waals surface area contributed by atoms with E-state index in [-0.39, 0.29) is 6.04 Å². The van der Waals surface area contributed by atoms with Gasteiger partial charge in [0.1, 0.15) is 12.4 Å². The first-order valence-corrected chi connectivity index (χ1v) is 13.8. The fourth-order valence-corrected chi connectivity index (χ4v) is 5.48. The van der Waals surface area contributed by atoms with Crippen molar-refractivity contribution in [1.82, 2.24) is 4.98 Å². The molecule has 188 valence electrons. The number of thiazole rings is 1. The Morgan fingerprint density at radius 3 is 2.32 bits per heavy atom. The number of aromatic nitrogens is 1. The van der Waals surface area contributed by atoms with Gasteiger partial charge in [-0.15, -0.1) is 11.3 Å². The van der Waals surface area contributed by atoms with Crippen LogP contribution < -0.4 is 9.75 Å². The lowest BCUT2D eigenvalue weighted by molar-refractivity contribution is 0.306. The summed E-state index contributed by atoms with van der Waals surface area (Å²) in [5.41, 5.74) is 7.70. The van der Waals surface area contributed by atoms with Gasteiger partial charge in [0.05, 0.1) is 17.4 Å². The number of hydrogen-bond acceptors (Lipinski definition) is 5. The SMILES string of the molecule is Cc1ccc(-c2csc(N3N=C(c4ccc(Cl)cc4)CC3c3ccc(OCc4ccccc4)cc3)n2)cc1. The number of hydrogen-bond donors (Lipinski definition) is 0. The molecule has 0 spiro atoms. The number of nitrogens with zero attached hydrogens (tertiary/aromatic N) is 3. The van der Waals surface area contributed by atoms with Crippen LogP contribution in [-0.2, 0) is 6.61 Å². The van der Waals surface area contributed by atoms with E-state index in [9.17, 15) is 0 Å². The summed E-state index contributed by atoms with van der Waals surface area (Å²) in [5.74, 6) is 0.844. The van der Waals surface area contributed by atoms with Crippen molar-refractivity contribution in [1.29, 1.82) is 0 Å². The fraction of sp³-hybridized carbons (Fsp3) is 0.125. The molecule has 2 heterocycles. The third kappa shape index (κ3) is 5.35. The number of anilines is 1. The smallest absolute Gasteiger partial charge is 0.207 e. The highest BCUT2D eigenvalue weighted by molar-refractivity contribution is 7.14. The van der Waals surface area contributed by atoms with E-state index in [0.29, 0.717) is 6.61 Å². The third-order valence-electron chi connectivity index (χ3n) is 6.64. The highest BCUT2D eigenvalue weighted by Crippen LogP contribution is 2.40. The second-order valence-electron chi connectivity index (χ2n) is 9.34. The lowest BCUT2D eigenvalue weighted by atomic mass is 9.98. The van der Waals surface area contributed by atoms with Crippen molar-refractivity contribution in [3.63, 3.8) is 0 Å². The molecule has 1 atom stereocenters. The second-order valence-corrected chi connectivity index (χ2v) is 10.6. The topological polar surface area (TPSA) is 37.7 Å². The van der Waals surface area contributed by atoms with Crippen molar-refractivity contribution in [3.05, 3.63) is 136 Å². The molecule has 38 heavy (non-hydrogen) atoms. The first-order chi connectivity index (χ1) is 18.6. The number of ether oxygens (including phenoxy) is 1. The first-order valence-electron chi connectivity index (χ1n) is 12.5. The van der Waals surface area contributed by atoms with Crippen molar-refractivity contribution in [3.8, 4) is 17.0 Å². The van der Waals surface area contributed by atoms with E-state index in [1.807, 2.05) is 54.6 Å². The molecule has 0 saturated heterocycles. The predicted molar refractivity (Wildman–Crippen MR) is 157 cm³/mol. The minimum absolute atomic E-state index is 0.0286. The molecule has 1 aliphatic heterocycles. The van der Waals surface area contributed by atoms with Crippen LogP contribution in [0.15, 0.2) is 114 Å². The maximum atomic E-state index is 6.15. The molecule has 1 aliphatic rings. The van der Waals surface area contributed by atoms with Crippen LogP contribution in [0, 0.1) is 6.92 Å². The molecular formula is C32H26ClN3OS. The Morgan fingerprint density at radius 2 is 1.58 bits per heavy atom. The van der Waals surface area contributed by atoms with Crippen molar-refractivity contribution in [2.75, 3.05) is 5.01 Å². The predicted octanol–water partition coefficient (Wildman–Crippen LogP) is 8.71. The summed E-state index contributed by atoms with van der Waals surface area (Å²) in [5, 5.41) is 10.8. The Balaban J connectivity index is 1.27. The van der Waals surface area contributed by atoms with Gasteiger partial charge in [0.2, 0.25) is 5.13 Å². The summed E-state index contributed by atoms with van der Waals surface area (Å²) in [6, 6.07) is 34.9. The molecule has 4 nitrogen and oxygen atoms in total. The highest BCUT2D eigenvalue weighted by Gasteiger charge is 2.32. The van der Waals surface area contributed by atoms with E-state index in [4.69, 9.17) is 26.4 Å². The van der Waals surface area contributed by atoms with Gasteiger partial charge in [-0.2, -0.15) is 5.10 Å². The van der Waals surface area contributed by atoms with E-state index in [2.05, 4.69) is 65.8 Å². The number of aryl methyl sites for hydroxylation is 1. The monoisotopic (exact) mass is 535 g/mol. The van der Waals surface area contributed by atoms with Gasteiger partial charge in [0, 0.05) is 22.4 Å². The maximum absolute atomic E-state index is 6.15. The summed E-state index contributed by atoms with van der Waals surface area (Å²) in [7, 11) is 0. The number of halogens is 1. The Labute approximate surface area is 231 Å². The molecule has 0 amide bonds. The Hall–Kier alpha value is -3.93. The number of hydrazone groups is 1. The molecule has 6 rings (SSSR count). The average molecular weight is 536 g/mol. The minimum Gasteiger partial charge on any atom is -0.489 e. The van der Waals surface area contributed by atoms with Crippen molar-refractivity contribution in [2.24, 2.45) is 5.10 Å². The third-order valence-corrected chi connectivity index (χ3v) is 7.72. The van der Waals surface area contributed by atoms with E-state index in [1.54, 1.807) is 11.3 Å². The molecular weight excluding hydrogens is 510 g/mol. The lowest BCUT2D eigenvalue weighted by Gasteiger charge is -2.21. The molecule has 1 aromatic heterocycles. The van der Waals surface area contributed by atoms with Crippen molar-refractivity contribution < 1.29 is 4.74 Å². The van der Waals surface area contributed by atoms with Crippen LogP contribution in [0.4, 0.5) is 5.13 Å². The fourth-order valence-electron chi connectivity index (χ4n) is 4.52. The van der Waals surface area contributed by atoms with Gasteiger partial charge in [-0.1, -0.05) is 96.0 Å². The van der Waals surface area contributed by atoms with Gasteiger partial charge in [0.15, 0.2) is 0 Å². The standard InChI is InChI=1S/C32H26ClN3OS/c1-22-7-9-25(10-8-22)30-21-38-32(34-30)36-31(19-29(35-36)24-11-15-27(33)16-12-24)26-13-17-28(18-14-26)37-20-23-5-3-2-4-6-23/h2-18,21,31H,19-20H2,1H3. The van der Waals surface area contributed by atoms with Crippen LogP contribution in [0.5, 0.6) is 5.75 Å². The summed E-state index contributed by atoms with van der Waals surface area (Å²) < 4.78 is 6.02. The first kappa shape index (κ1) is 24.4. The zero-order valence-electron chi connectivity index (χ0n) is 20.9. The van der Waals surface area contributed by atoms with Crippen LogP contribution in [-0.4, -0.2) is 10.7 Å². The molecule has 0 bridgehead atoms. The second kappa shape index (κ2) is 10.8. The van der Waals surface area contributed by atoms with Gasteiger partial charge in [-0.3, -0.25) is 0 Å². The Morgan fingerprint density at radius 1 is 0.868 bits per heavy atom. The molecule has 5 aromatic rings. The zero-order valence-corrected chi connectivity index (χ0v) is 22.5. The average Bonchev–Trinajstić information content (AvgIpc) is 3.62. The van der Waals surface area contributed by atoms with E-state index in [1.165, 1.54) is 5.56 Å². The van der Waals surface area contributed by atoms with Gasteiger partial charge in [-0.25, -0.2) is 9.99 Å². The maximum Gasteiger partial charge on any atom is 0.207 e. The quantitative estimate of drug-likeness (QED) is 0.209. The largest absolute Gasteiger partial charge is 0.489 e. The van der Waals surface area contributed by atoms with Crippen LogP contribution >= 0.6 is 22.9 Å². The molecule has 0 fully saturated rings. The Bertz CT molecular complexity index is 1550. The molecule has 0 saturated carbocycles. The molecule has 6 heteroatoms. The molecule has 0 N–H and O–H groups in total. The van der Waals surface area contributed by atoms with Crippen molar-refractivity contribution >= 4 is 33.8 Å². The van der Waals surface area contributed by atoms with Gasteiger partial charge >= 0.3 is 0 Å². The molecule has 0 aliphatic carbocycles.